The van der Waals surface area contributed by atoms with Crippen LogP contribution in [0.15, 0.2) is 18.2 Å². The molecule has 16 heavy (non-hydrogen) atoms. The third-order valence-corrected chi connectivity index (χ3v) is 3.07. The summed E-state index contributed by atoms with van der Waals surface area (Å²) in [6.07, 6.45) is 0.895. The summed E-state index contributed by atoms with van der Waals surface area (Å²) in [5.41, 5.74) is 0.126. The molecule has 0 amide bonds. The Morgan fingerprint density at radius 1 is 1.31 bits per heavy atom. The van der Waals surface area contributed by atoms with Crippen LogP contribution in [0.1, 0.15) is 12.0 Å². The molecule has 4 heteroatoms. The number of benzene rings is 1. The Morgan fingerprint density at radius 3 is 2.56 bits per heavy atom. The molecular formula is C12H15F2NO. The van der Waals surface area contributed by atoms with E-state index in [1.165, 1.54) is 18.2 Å². The molecule has 88 valence electrons. The first-order valence-electron chi connectivity index (χ1n) is 5.47. The van der Waals surface area contributed by atoms with Crippen molar-refractivity contribution in [1.82, 2.24) is 4.90 Å². The number of nitrogens with zero attached hydrogens (tertiary/aromatic N) is 1. The Kier molecular flexibility index (Phi) is 3.51. The predicted molar refractivity (Wildman–Crippen MR) is 56.8 cm³/mol. The molecule has 0 aliphatic carbocycles. The molecule has 2 rings (SSSR count). The van der Waals surface area contributed by atoms with Crippen molar-refractivity contribution in [3.05, 3.63) is 35.4 Å². The van der Waals surface area contributed by atoms with Gasteiger partial charge in [0.05, 0.1) is 0 Å². The zero-order valence-corrected chi connectivity index (χ0v) is 9.00. The monoisotopic (exact) mass is 227 g/mol. The molecule has 1 N–H and O–H groups in total. The minimum absolute atomic E-state index is 0.126. The van der Waals surface area contributed by atoms with E-state index in [0.717, 1.165) is 13.0 Å². The summed E-state index contributed by atoms with van der Waals surface area (Å²) in [5.74, 6) is -0.741. The second-order valence-corrected chi connectivity index (χ2v) is 4.27. The first-order valence-corrected chi connectivity index (χ1v) is 5.47. The molecule has 0 radical (unpaired) electrons. The summed E-state index contributed by atoms with van der Waals surface area (Å²) in [7, 11) is 0. The van der Waals surface area contributed by atoms with Gasteiger partial charge in [0.25, 0.3) is 0 Å². The molecule has 1 aliphatic rings. The van der Waals surface area contributed by atoms with Gasteiger partial charge in [-0.25, -0.2) is 8.78 Å². The van der Waals surface area contributed by atoms with Crippen LogP contribution in [0, 0.1) is 17.6 Å². The van der Waals surface area contributed by atoms with Crippen LogP contribution in [-0.2, 0) is 6.54 Å². The number of rotatable bonds is 3. The fourth-order valence-electron chi connectivity index (χ4n) is 2.11. The lowest BCUT2D eigenvalue weighted by Gasteiger charge is -2.16. The Balaban J connectivity index is 2.04. The Labute approximate surface area is 93.5 Å². The fraction of sp³-hybridized carbons (Fsp3) is 0.500. The van der Waals surface area contributed by atoms with Crippen LogP contribution in [-0.4, -0.2) is 29.7 Å². The Bertz CT molecular complexity index is 350. The van der Waals surface area contributed by atoms with Crippen molar-refractivity contribution in [1.29, 1.82) is 0 Å². The molecule has 1 aromatic rings. The van der Waals surface area contributed by atoms with E-state index < -0.39 is 11.6 Å². The van der Waals surface area contributed by atoms with Gasteiger partial charge >= 0.3 is 0 Å². The van der Waals surface area contributed by atoms with Crippen LogP contribution >= 0.6 is 0 Å². The van der Waals surface area contributed by atoms with Gasteiger partial charge in [0, 0.05) is 25.3 Å². The minimum Gasteiger partial charge on any atom is -0.396 e. The quantitative estimate of drug-likeness (QED) is 0.850. The SMILES string of the molecule is OC[C@@H]1CCN(Cc2c(F)cccc2F)C1. The van der Waals surface area contributed by atoms with Crippen LogP contribution in [0.5, 0.6) is 0 Å². The summed E-state index contributed by atoms with van der Waals surface area (Å²) in [6, 6.07) is 3.92. The van der Waals surface area contributed by atoms with Crippen LogP contribution in [0.3, 0.4) is 0 Å². The number of hydrogen-bond acceptors (Lipinski definition) is 2. The lowest BCUT2D eigenvalue weighted by Crippen LogP contribution is -2.22. The molecule has 2 nitrogen and oxygen atoms in total. The van der Waals surface area contributed by atoms with Gasteiger partial charge in [0.1, 0.15) is 11.6 Å². The second kappa shape index (κ2) is 4.89. The van der Waals surface area contributed by atoms with E-state index in [1.807, 2.05) is 4.90 Å². The van der Waals surface area contributed by atoms with Gasteiger partial charge in [0.15, 0.2) is 0 Å². The maximum atomic E-state index is 13.4. The highest BCUT2D eigenvalue weighted by atomic mass is 19.1. The summed E-state index contributed by atoms with van der Waals surface area (Å²) in [4.78, 5) is 1.97. The maximum Gasteiger partial charge on any atom is 0.130 e. The molecule has 1 saturated heterocycles. The average molecular weight is 227 g/mol. The highest BCUT2D eigenvalue weighted by molar-refractivity contribution is 5.19. The van der Waals surface area contributed by atoms with Crippen LogP contribution in [0.4, 0.5) is 8.78 Å². The van der Waals surface area contributed by atoms with Crippen molar-refractivity contribution >= 4 is 0 Å². The van der Waals surface area contributed by atoms with Crippen molar-refractivity contribution in [3.8, 4) is 0 Å². The minimum atomic E-state index is -0.493. The van der Waals surface area contributed by atoms with Gasteiger partial charge in [-0.1, -0.05) is 6.07 Å². The number of aliphatic hydroxyl groups is 1. The Hall–Kier alpha value is -1.00. The van der Waals surface area contributed by atoms with Gasteiger partial charge in [-0.3, -0.25) is 4.90 Å². The summed E-state index contributed by atoms with van der Waals surface area (Å²) in [5, 5.41) is 8.98. The van der Waals surface area contributed by atoms with E-state index in [9.17, 15) is 8.78 Å². The van der Waals surface area contributed by atoms with E-state index in [4.69, 9.17) is 5.11 Å². The third kappa shape index (κ3) is 2.39. The Morgan fingerprint density at radius 2 is 2.00 bits per heavy atom. The van der Waals surface area contributed by atoms with Crippen molar-refractivity contribution < 1.29 is 13.9 Å². The molecule has 0 spiro atoms. The molecule has 1 fully saturated rings. The molecular weight excluding hydrogens is 212 g/mol. The lowest BCUT2D eigenvalue weighted by atomic mass is 10.1. The number of halogens is 2. The third-order valence-electron chi connectivity index (χ3n) is 3.07. The topological polar surface area (TPSA) is 23.5 Å². The lowest BCUT2D eigenvalue weighted by molar-refractivity contribution is 0.219. The van der Waals surface area contributed by atoms with E-state index >= 15 is 0 Å². The normalized spacial score (nSPS) is 21.6. The average Bonchev–Trinajstić information content (AvgIpc) is 2.71. The van der Waals surface area contributed by atoms with Gasteiger partial charge in [-0.05, 0) is 31.0 Å². The molecule has 0 unspecified atom stereocenters. The number of hydrogen-bond donors (Lipinski definition) is 1. The number of aliphatic hydroxyl groups excluding tert-OH is 1. The van der Waals surface area contributed by atoms with E-state index in [-0.39, 0.29) is 24.6 Å². The zero-order valence-electron chi connectivity index (χ0n) is 9.00. The fourth-order valence-corrected chi connectivity index (χ4v) is 2.11. The first-order chi connectivity index (χ1) is 7.70. The molecule has 0 bridgehead atoms. The first kappa shape index (κ1) is 11.5. The highest BCUT2D eigenvalue weighted by Crippen LogP contribution is 2.20. The van der Waals surface area contributed by atoms with Crippen molar-refractivity contribution in [2.24, 2.45) is 5.92 Å². The van der Waals surface area contributed by atoms with E-state index in [1.54, 1.807) is 0 Å². The smallest absolute Gasteiger partial charge is 0.130 e. The highest BCUT2D eigenvalue weighted by Gasteiger charge is 2.23. The van der Waals surface area contributed by atoms with Crippen LogP contribution < -0.4 is 0 Å². The predicted octanol–water partition coefficient (Wildman–Crippen LogP) is 1.78. The summed E-state index contributed by atoms with van der Waals surface area (Å²) < 4.78 is 26.7. The van der Waals surface area contributed by atoms with Gasteiger partial charge < -0.3 is 5.11 Å². The van der Waals surface area contributed by atoms with Crippen LogP contribution in [0.2, 0.25) is 0 Å². The van der Waals surface area contributed by atoms with Gasteiger partial charge in [-0.2, -0.15) is 0 Å². The molecule has 0 saturated carbocycles. The standard InChI is InChI=1S/C12H15F2NO/c13-11-2-1-3-12(14)10(11)7-15-5-4-9(6-15)8-16/h1-3,9,16H,4-8H2/t9-/m1/s1. The molecule has 1 aliphatic heterocycles. The van der Waals surface area contributed by atoms with Gasteiger partial charge in [-0.15, -0.1) is 0 Å². The molecule has 1 aromatic carbocycles. The number of likely N-dealkylation sites (tertiary alicyclic amines) is 1. The van der Waals surface area contributed by atoms with Crippen molar-refractivity contribution in [2.75, 3.05) is 19.7 Å². The molecule has 0 aromatic heterocycles. The van der Waals surface area contributed by atoms with Crippen molar-refractivity contribution in [2.45, 2.75) is 13.0 Å². The van der Waals surface area contributed by atoms with Crippen LogP contribution in [0.25, 0.3) is 0 Å². The largest absolute Gasteiger partial charge is 0.396 e. The maximum absolute atomic E-state index is 13.4. The van der Waals surface area contributed by atoms with E-state index in [2.05, 4.69) is 0 Å². The summed E-state index contributed by atoms with van der Waals surface area (Å²) >= 11 is 0. The molecule has 1 atom stereocenters. The molecule has 1 heterocycles. The zero-order chi connectivity index (χ0) is 11.5. The summed E-state index contributed by atoms with van der Waals surface area (Å²) in [6.45, 7) is 1.94. The van der Waals surface area contributed by atoms with Crippen molar-refractivity contribution in [3.63, 3.8) is 0 Å². The van der Waals surface area contributed by atoms with E-state index in [0.29, 0.717) is 6.54 Å². The second-order valence-electron chi connectivity index (χ2n) is 4.27. The van der Waals surface area contributed by atoms with Gasteiger partial charge in [0.2, 0.25) is 0 Å².